The van der Waals surface area contributed by atoms with Crippen LogP contribution in [0.15, 0.2) is 28.7 Å². The van der Waals surface area contributed by atoms with Crippen molar-refractivity contribution in [1.82, 2.24) is 0 Å². The smallest absolute Gasteiger partial charge is 0.0280 e. The van der Waals surface area contributed by atoms with Gasteiger partial charge in [0.25, 0.3) is 0 Å². The summed E-state index contributed by atoms with van der Waals surface area (Å²) in [6.07, 6.45) is 0. The minimum atomic E-state index is 0.368. The zero-order chi connectivity index (χ0) is 6.69. The van der Waals surface area contributed by atoms with Crippen LogP contribution >= 0.6 is 15.9 Å². The molecular weight excluding hydrogens is 164 g/mol. The highest BCUT2D eigenvalue weighted by Crippen LogP contribution is 2.08. The molecule has 0 spiro atoms. The Bertz CT molecular complexity index is 181. The molecule has 0 aliphatic carbocycles. The largest absolute Gasteiger partial charge is 0.0582 e. The second-order valence-corrected chi connectivity index (χ2v) is 2.54. The van der Waals surface area contributed by atoms with E-state index in [0.29, 0.717) is 6.90 Å². The summed E-state index contributed by atoms with van der Waals surface area (Å²) in [5, 5.41) is 0. The highest BCUT2D eigenvalue weighted by atomic mass is 79.9. The molecule has 8 heavy (non-hydrogen) atoms. The van der Waals surface area contributed by atoms with Crippen LogP contribution in [0.5, 0.6) is 0 Å². The van der Waals surface area contributed by atoms with Crippen LogP contribution in [0.1, 0.15) is 6.93 Å². The van der Waals surface area contributed by atoms with Gasteiger partial charge < -0.3 is 0 Å². The summed E-state index contributed by atoms with van der Waals surface area (Å²) in [6.45, 7) is 0.368. The molecule has 1 aromatic rings. The van der Waals surface area contributed by atoms with Crippen molar-refractivity contribution in [3.8, 4) is 0 Å². The van der Waals surface area contributed by atoms with Crippen molar-refractivity contribution < 1.29 is 1.37 Å². The van der Waals surface area contributed by atoms with E-state index in [1.54, 1.807) is 0 Å². The van der Waals surface area contributed by atoms with E-state index in [4.69, 9.17) is 1.37 Å². The highest BCUT2D eigenvalue weighted by molar-refractivity contribution is 9.10. The van der Waals surface area contributed by atoms with E-state index in [0.717, 1.165) is 10.0 Å². The third-order valence-electron chi connectivity index (χ3n) is 0.913. The predicted molar refractivity (Wildman–Crippen MR) is 38.9 cm³/mol. The van der Waals surface area contributed by atoms with Gasteiger partial charge in [0.2, 0.25) is 0 Å². The van der Waals surface area contributed by atoms with Crippen molar-refractivity contribution in [2.45, 2.75) is 6.90 Å². The van der Waals surface area contributed by atoms with Gasteiger partial charge in [0.05, 0.1) is 0 Å². The maximum Gasteiger partial charge on any atom is 0.0280 e. The van der Waals surface area contributed by atoms with Crippen LogP contribution in [-0.2, 0) is 0 Å². The van der Waals surface area contributed by atoms with Gasteiger partial charge in [0.15, 0.2) is 0 Å². The Morgan fingerprint density at radius 3 is 2.50 bits per heavy atom. The molecule has 0 heterocycles. The number of rotatable bonds is 0. The van der Waals surface area contributed by atoms with E-state index in [2.05, 4.69) is 15.9 Å². The molecule has 0 atom stereocenters. The molecule has 0 N–H and O–H groups in total. The first kappa shape index (κ1) is 4.57. The van der Waals surface area contributed by atoms with E-state index < -0.39 is 0 Å². The van der Waals surface area contributed by atoms with Gasteiger partial charge in [-0.3, -0.25) is 0 Å². The Labute approximate surface area is 59.1 Å². The fraction of sp³-hybridized carbons (Fsp3) is 0.143. The maximum absolute atomic E-state index is 7.00. The van der Waals surface area contributed by atoms with E-state index in [1.165, 1.54) is 0 Å². The van der Waals surface area contributed by atoms with E-state index in [1.807, 2.05) is 24.3 Å². The monoisotopic (exact) mass is 171 g/mol. The number of hydrogen-bond acceptors (Lipinski definition) is 0. The summed E-state index contributed by atoms with van der Waals surface area (Å²) >= 11 is 3.31. The average Bonchev–Trinajstić information content (AvgIpc) is 1.90. The van der Waals surface area contributed by atoms with E-state index in [-0.39, 0.29) is 0 Å². The first-order valence-electron chi connectivity index (χ1n) is 3.07. The summed E-state index contributed by atoms with van der Waals surface area (Å²) in [5.41, 5.74) is 1.05. The van der Waals surface area contributed by atoms with Gasteiger partial charge in [-0.15, -0.1) is 0 Å². The zero-order valence-electron chi connectivity index (χ0n) is 5.39. The lowest BCUT2D eigenvalue weighted by atomic mass is 10.2. The summed E-state index contributed by atoms with van der Waals surface area (Å²) in [6, 6.07) is 7.78. The minimum absolute atomic E-state index is 0.368. The topological polar surface area (TPSA) is 0 Å². The molecule has 1 rings (SSSR count). The first-order chi connectivity index (χ1) is 4.33. The zero-order valence-corrected chi connectivity index (χ0v) is 5.98. The third-order valence-corrected chi connectivity index (χ3v) is 1.44. The molecule has 0 fully saturated rings. The quantitative estimate of drug-likeness (QED) is 0.564. The maximum atomic E-state index is 7.00. The molecule has 1 aromatic carbocycles. The summed E-state index contributed by atoms with van der Waals surface area (Å²) in [7, 11) is 0. The van der Waals surface area contributed by atoms with Crippen molar-refractivity contribution in [1.29, 1.82) is 0 Å². The lowest BCUT2D eigenvalue weighted by molar-refractivity contribution is 1.46. The minimum Gasteiger partial charge on any atom is -0.0582 e. The fourth-order valence-electron chi connectivity index (χ4n) is 0.484. The SMILES string of the molecule is [2H]Cc1ccc(Br)cc1. The standard InChI is InChI=1S/C7H7Br/c1-6-2-4-7(8)5-3-6/h2-5H,1H3/i1D. The Balaban J connectivity index is 2.88. The Morgan fingerprint density at radius 1 is 1.38 bits per heavy atom. The molecule has 42 valence electrons. The molecule has 0 radical (unpaired) electrons. The van der Waals surface area contributed by atoms with Crippen LogP contribution in [-0.4, -0.2) is 0 Å². The Kier molecular flexibility index (Phi) is 1.32. The number of benzene rings is 1. The van der Waals surface area contributed by atoms with Crippen molar-refractivity contribution in [2.24, 2.45) is 0 Å². The molecule has 0 aromatic heterocycles. The lowest BCUT2D eigenvalue weighted by Crippen LogP contribution is -1.66. The van der Waals surface area contributed by atoms with Gasteiger partial charge in [-0.1, -0.05) is 33.6 Å². The van der Waals surface area contributed by atoms with Gasteiger partial charge in [-0.05, 0) is 19.0 Å². The van der Waals surface area contributed by atoms with Gasteiger partial charge in [0, 0.05) is 5.84 Å². The number of aryl methyl sites for hydroxylation is 1. The second-order valence-electron chi connectivity index (χ2n) is 1.63. The van der Waals surface area contributed by atoms with Crippen molar-refractivity contribution in [2.75, 3.05) is 0 Å². The predicted octanol–water partition coefficient (Wildman–Crippen LogP) is 2.76. The molecule has 0 amide bonds. The second kappa shape index (κ2) is 2.31. The molecule has 0 nitrogen and oxygen atoms in total. The molecule has 0 saturated heterocycles. The van der Waals surface area contributed by atoms with Gasteiger partial charge in [0.1, 0.15) is 0 Å². The molecule has 0 saturated carbocycles. The molecule has 0 unspecified atom stereocenters. The Hall–Kier alpha value is -0.300. The summed E-state index contributed by atoms with van der Waals surface area (Å²) in [5.74, 6) is 0. The van der Waals surface area contributed by atoms with E-state index >= 15 is 0 Å². The van der Waals surface area contributed by atoms with Crippen molar-refractivity contribution >= 4 is 15.9 Å². The normalized spacial score (nSPS) is 10.9. The third kappa shape index (κ3) is 1.34. The van der Waals surface area contributed by atoms with Gasteiger partial charge in [-0.25, -0.2) is 0 Å². The molecular formula is C7H7Br. The van der Waals surface area contributed by atoms with Crippen LogP contribution < -0.4 is 0 Å². The molecule has 0 aliphatic rings. The van der Waals surface area contributed by atoms with Crippen molar-refractivity contribution in [3.05, 3.63) is 34.3 Å². The molecule has 0 bridgehead atoms. The van der Waals surface area contributed by atoms with Crippen LogP contribution in [0.3, 0.4) is 0 Å². The van der Waals surface area contributed by atoms with Crippen molar-refractivity contribution in [3.63, 3.8) is 0 Å². The number of halogens is 1. The van der Waals surface area contributed by atoms with E-state index in [9.17, 15) is 0 Å². The highest BCUT2D eigenvalue weighted by Gasteiger charge is 1.81. The first-order valence-corrected chi connectivity index (χ1v) is 3.16. The average molecular weight is 172 g/mol. The molecule has 0 aliphatic heterocycles. The number of hydrogen-bond donors (Lipinski definition) is 0. The van der Waals surface area contributed by atoms with Crippen LogP contribution in [0.4, 0.5) is 0 Å². The van der Waals surface area contributed by atoms with Crippen LogP contribution in [0.25, 0.3) is 0 Å². The Morgan fingerprint density at radius 2 is 2.00 bits per heavy atom. The lowest BCUT2D eigenvalue weighted by Gasteiger charge is -1.88. The summed E-state index contributed by atoms with van der Waals surface area (Å²) < 4.78 is 8.07. The van der Waals surface area contributed by atoms with Gasteiger partial charge in [-0.2, -0.15) is 0 Å². The van der Waals surface area contributed by atoms with Crippen LogP contribution in [0, 0.1) is 6.90 Å². The molecule has 1 heteroatoms. The van der Waals surface area contributed by atoms with Gasteiger partial charge >= 0.3 is 0 Å². The fourth-order valence-corrected chi connectivity index (χ4v) is 0.749. The summed E-state index contributed by atoms with van der Waals surface area (Å²) in [4.78, 5) is 0. The van der Waals surface area contributed by atoms with Crippen LogP contribution in [0.2, 0.25) is 0 Å².